The molecule has 3 heterocycles. The highest BCUT2D eigenvalue weighted by Crippen LogP contribution is 2.23. The zero-order valence-electron chi connectivity index (χ0n) is 26.0. The number of carbonyl (C=O) groups is 3. The van der Waals surface area contributed by atoms with Crippen molar-refractivity contribution in [1.82, 2.24) is 20.6 Å². The van der Waals surface area contributed by atoms with Crippen LogP contribution in [0, 0.1) is 11.8 Å². The highest BCUT2D eigenvalue weighted by molar-refractivity contribution is 5.95. The number of halogens is 1. The van der Waals surface area contributed by atoms with E-state index in [1.807, 2.05) is 45.0 Å². The first-order valence-electron chi connectivity index (χ1n) is 15.1. The minimum Gasteiger partial charge on any atom is -0.460 e. The molecule has 5 unspecified atom stereocenters. The highest BCUT2D eigenvalue weighted by Gasteiger charge is 2.31. The predicted octanol–water partition coefficient (Wildman–Crippen LogP) is 4.52. The minimum absolute atomic E-state index is 0.00850. The van der Waals surface area contributed by atoms with Gasteiger partial charge in [0.1, 0.15) is 24.6 Å². The molecule has 5 atom stereocenters. The first-order chi connectivity index (χ1) is 21.5. The van der Waals surface area contributed by atoms with Crippen LogP contribution in [0.2, 0.25) is 0 Å². The highest BCUT2D eigenvalue weighted by atomic mass is 19.1. The number of nitrogens with one attached hydrogen (secondary N) is 3. The number of ether oxygens (including phenoxy) is 1. The van der Waals surface area contributed by atoms with Crippen molar-refractivity contribution in [3.8, 4) is 0 Å². The lowest BCUT2D eigenvalue weighted by molar-refractivity contribution is -0.155. The molecule has 1 aromatic carbocycles. The maximum Gasteiger partial charge on any atom is 0.329 e. The van der Waals surface area contributed by atoms with Crippen molar-refractivity contribution in [2.45, 2.75) is 71.4 Å². The molecule has 1 aliphatic rings. The van der Waals surface area contributed by atoms with Gasteiger partial charge in [-0.2, -0.15) is 0 Å². The van der Waals surface area contributed by atoms with Crippen LogP contribution in [0.1, 0.15) is 56.1 Å². The van der Waals surface area contributed by atoms with Gasteiger partial charge in [-0.3, -0.25) is 9.59 Å². The van der Waals surface area contributed by atoms with Crippen LogP contribution < -0.4 is 10.6 Å². The lowest BCUT2D eigenvalue weighted by Crippen LogP contribution is -2.46. The zero-order chi connectivity index (χ0) is 32.5. The molecule has 4 rings (SSSR count). The summed E-state index contributed by atoms with van der Waals surface area (Å²) in [5.74, 6) is -2.08. The Morgan fingerprint density at radius 1 is 1.16 bits per heavy atom. The number of alkyl halides is 1. The van der Waals surface area contributed by atoms with E-state index in [2.05, 4.69) is 20.6 Å². The summed E-state index contributed by atoms with van der Waals surface area (Å²) in [6, 6.07) is 6.52. The summed E-state index contributed by atoms with van der Waals surface area (Å²) in [7, 11) is 0. The molecule has 11 heteroatoms. The van der Waals surface area contributed by atoms with Crippen molar-refractivity contribution in [2.24, 2.45) is 11.8 Å². The topological polar surface area (TPSA) is 147 Å². The number of hydrogen-bond donors (Lipinski definition) is 4. The SMILES string of the molecule is CC1=C\C(O)CC(F)Cc2nc(co2)C(=O)NC(Cc2c[nH]c3ccccc23)C(=O)OC(C(C)C)C(C)/C=C/C(=O)NC\C=C\1. The van der Waals surface area contributed by atoms with E-state index in [9.17, 15) is 23.9 Å². The Kier molecular flexibility index (Phi) is 11.5. The number of benzene rings is 1. The second kappa shape index (κ2) is 15.5. The summed E-state index contributed by atoms with van der Waals surface area (Å²) in [6.07, 6.45) is 7.48. The Hall–Kier alpha value is -4.51. The third kappa shape index (κ3) is 9.49. The largest absolute Gasteiger partial charge is 0.460 e. The number of para-hydroxylation sites is 1. The summed E-state index contributed by atoms with van der Waals surface area (Å²) >= 11 is 0. The van der Waals surface area contributed by atoms with Crippen LogP contribution in [0.15, 0.2) is 77.1 Å². The number of esters is 1. The summed E-state index contributed by atoms with van der Waals surface area (Å²) in [4.78, 5) is 46.8. The Labute approximate surface area is 261 Å². The van der Waals surface area contributed by atoms with Gasteiger partial charge < -0.3 is 29.9 Å². The number of hydrogen-bond acceptors (Lipinski definition) is 7. The molecule has 0 spiro atoms. The van der Waals surface area contributed by atoms with Crippen molar-refractivity contribution < 1.29 is 33.0 Å². The lowest BCUT2D eigenvalue weighted by Gasteiger charge is -2.28. The third-order valence-electron chi connectivity index (χ3n) is 7.58. The lowest BCUT2D eigenvalue weighted by atomic mass is 9.94. The van der Waals surface area contributed by atoms with Crippen LogP contribution in [0.5, 0.6) is 0 Å². The summed E-state index contributed by atoms with van der Waals surface area (Å²) in [5, 5.41) is 16.7. The average molecular weight is 621 g/mol. The fraction of sp³-hybridized carbons (Fsp3) is 0.412. The molecular formula is C34H41FN4O6. The molecule has 2 bridgehead atoms. The number of allylic oxidation sites excluding steroid dienone is 2. The van der Waals surface area contributed by atoms with Crippen LogP contribution in [-0.2, 0) is 27.2 Å². The van der Waals surface area contributed by atoms with E-state index in [1.54, 1.807) is 31.3 Å². The van der Waals surface area contributed by atoms with Crippen LogP contribution in [-0.4, -0.2) is 63.8 Å². The van der Waals surface area contributed by atoms with Crippen LogP contribution in [0.4, 0.5) is 4.39 Å². The molecule has 0 aliphatic carbocycles. The van der Waals surface area contributed by atoms with Gasteiger partial charge in [-0.15, -0.1) is 0 Å². The number of aromatic amines is 1. The van der Waals surface area contributed by atoms with E-state index in [1.165, 1.54) is 12.2 Å². The van der Waals surface area contributed by atoms with E-state index >= 15 is 0 Å². The molecule has 45 heavy (non-hydrogen) atoms. The number of aromatic nitrogens is 2. The number of carbonyl (C=O) groups excluding carboxylic acids is 3. The van der Waals surface area contributed by atoms with Crippen LogP contribution in [0.3, 0.4) is 0 Å². The number of cyclic esters (lactones) is 1. The van der Waals surface area contributed by atoms with E-state index in [-0.39, 0.29) is 55.1 Å². The number of amides is 2. The summed E-state index contributed by atoms with van der Waals surface area (Å²) in [6.45, 7) is 7.68. The smallest absolute Gasteiger partial charge is 0.329 e. The van der Waals surface area contributed by atoms with Gasteiger partial charge in [0.15, 0.2) is 11.6 Å². The second-order valence-electron chi connectivity index (χ2n) is 11.7. The third-order valence-corrected chi connectivity index (χ3v) is 7.58. The predicted molar refractivity (Wildman–Crippen MR) is 168 cm³/mol. The molecule has 4 N–H and O–H groups in total. The number of H-pyrrole nitrogens is 1. The van der Waals surface area contributed by atoms with Gasteiger partial charge in [0, 0.05) is 42.4 Å². The zero-order valence-corrected chi connectivity index (χ0v) is 26.0. The summed E-state index contributed by atoms with van der Waals surface area (Å²) in [5.41, 5.74) is 2.27. The second-order valence-corrected chi connectivity index (χ2v) is 11.7. The first kappa shape index (κ1) is 33.4. The van der Waals surface area contributed by atoms with E-state index in [4.69, 9.17) is 9.15 Å². The number of fused-ring (bicyclic) bond motifs is 3. The van der Waals surface area contributed by atoms with Crippen molar-refractivity contribution in [3.05, 3.63) is 89.8 Å². The Bertz CT molecular complexity index is 1570. The molecule has 2 aromatic heterocycles. The monoisotopic (exact) mass is 620 g/mol. The number of nitrogens with zero attached hydrogens (tertiary/aromatic N) is 1. The van der Waals surface area contributed by atoms with Gasteiger partial charge in [0.2, 0.25) is 5.91 Å². The van der Waals surface area contributed by atoms with Crippen LogP contribution >= 0.6 is 0 Å². The van der Waals surface area contributed by atoms with Gasteiger partial charge in [-0.1, -0.05) is 68.8 Å². The van der Waals surface area contributed by atoms with E-state index in [0.29, 0.717) is 5.57 Å². The molecule has 1 aliphatic heterocycles. The van der Waals surface area contributed by atoms with Crippen molar-refractivity contribution >= 4 is 28.7 Å². The maximum absolute atomic E-state index is 14.8. The van der Waals surface area contributed by atoms with Gasteiger partial charge in [-0.25, -0.2) is 14.2 Å². The van der Waals surface area contributed by atoms with Crippen LogP contribution in [0.25, 0.3) is 10.9 Å². The Morgan fingerprint density at radius 3 is 2.71 bits per heavy atom. The molecule has 3 aromatic rings. The molecular weight excluding hydrogens is 579 g/mol. The van der Waals surface area contributed by atoms with E-state index in [0.717, 1.165) is 22.7 Å². The fourth-order valence-corrected chi connectivity index (χ4v) is 5.30. The molecule has 10 nitrogen and oxygen atoms in total. The molecule has 0 saturated carbocycles. The molecule has 0 radical (unpaired) electrons. The van der Waals surface area contributed by atoms with Crippen molar-refractivity contribution in [2.75, 3.05) is 6.54 Å². The number of aliphatic hydroxyl groups excluding tert-OH is 1. The van der Waals surface area contributed by atoms with Crippen molar-refractivity contribution in [3.63, 3.8) is 0 Å². The first-order valence-corrected chi connectivity index (χ1v) is 15.1. The standard InChI is InChI=1S/C34H41FN4O6/c1-20(2)32-22(4)11-12-30(41)36-13-7-8-21(3)14-25(40)16-24(35)17-31-38-29(19-44-31)33(42)39-28(34(43)45-32)15-23-18-37-27-10-6-5-9-26(23)27/h5-12,14,18-20,22,24-25,28,32,37,40H,13,15-17H2,1-4H3,(H,36,41)(H,39,42)/b8-7+,12-11+,21-14+. The Balaban J connectivity index is 1.63. The quantitative estimate of drug-likeness (QED) is 0.315. The molecule has 0 fully saturated rings. The number of aliphatic hydroxyl groups is 1. The van der Waals surface area contributed by atoms with Gasteiger partial charge in [0.05, 0.1) is 12.5 Å². The number of rotatable bonds is 3. The number of oxazole rings is 1. The Morgan fingerprint density at radius 2 is 1.93 bits per heavy atom. The van der Waals surface area contributed by atoms with E-state index < -0.39 is 36.3 Å². The maximum atomic E-state index is 14.8. The normalized spacial score (nSPS) is 27.2. The van der Waals surface area contributed by atoms with Gasteiger partial charge >= 0.3 is 5.97 Å². The summed E-state index contributed by atoms with van der Waals surface area (Å²) < 4.78 is 26.2. The van der Waals surface area contributed by atoms with Crippen molar-refractivity contribution in [1.29, 1.82) is 0 Å². The molecule has 0 saturated heterocycles. The minimum atomic E-state index is -1.49. The van der Waals surface area contributed by atoms with Gasteiger partial charge in [0.25, 0.3) is 5.91 Å². The fourth-order valence-electron chi connectivity index (χ4n) is 5.30. The molecule has 2 amide bonds. The van der Waals surface area contributed by atoms with Gasteiger partial charge in [-0.05, 0) is 30.5 Å². The average Bonchev–Trinajstić information content (AvgIpc) is 3.62. The molecule has 240 valence electrons.